The largest absolute Gasteiger partial charge is 0.484 e. The molecule has 5 nitrogen and oxygen atoms in total. The van der Waals surface area contributed by atoms with Gasteiger partial charge in [0.1, 0.15) is 5.75 Å². The molecule has 1 aliphatic rings. The van der Waals surface area contributed by atoms with Crippen LogP contribution in [0.3, 0.4) is 0 Å². The van der Waals surface area contributed by atoms with Crippen molar-refractivity contribution in [3.63, 3.8) is 0 Å². The van der Waals surface area contributed by atoms with E-state index in [9.17, 15) is 9.59 Å². The topological polar surface area (TPSA) is 67.4 Å². The Morgan fingerprint density at radius 1 is 1.17 bits per heavy atom. The standard InChI is InChI=1S/C18H24N2O3/c1-12-5-13(2)7-16(6-12)23-11-17(22)20-19-14-8-15(21)10-18(3,4)9-14/h5-8,19H,9-11H2,1-4H3,(H,20,22). The summed E-state index contributed by atoms with van der Waals surface area (Å²) in [4.78, 5) is 23.5. The number of ketones is 1. The molecule has 0 fully saturated rings. The third kappa shape index (κ3) is 5.43. The first kappa shape index (κ1) is 17.1. The predicted molar refractivity (Wildman–Crippen MR) is 88.8 cm³/mol. The summed E-state index contributed by atoms with van der Waals surface area (Å²) in [7, 11) is 0. The first-order valence-corrected chi connectivity index (χ1v) is 7.73. The highest BCUT2D eigenvalue weighted by molar-refractivity contribution is 5.91. The number of hydrazine groups is 1. The van der Waals surface area contributed by atoms with Crippen molar-refractivity contribution in [2.45, 2.75) is 40.5 Å². The van der Waals surface area contributed by atoms with E-state index >= 15 is 0 Å². The van der Waals surface area contributed by atoms with Gasteiger partial charge in [0.05, 0.1) is 0 Å². The van der Waals surface area contributed by atoms with E-state index in [4.69, 9.17) is 4.74 Å². The first-order valence-electron chi connectivity index (χ1n) is 7.73. The third-order valence-electron chi connectivity index (χ3n) is 3.58. The highest BCUT2D eigenvalue weighted by atomic mass is 16.5. The number of aryl methyl sites for hydroxylation is 2. The Balaban J connectivity index is 1.82. The quantitative estimate of drug-likeness (QED) is 0.819. The van der Waals surface area contributed by atoms with Gasteiger partial charge in [-0.2, -0.15) is 0 Å². The van der Waals surface area contributed by atoms with E-state index in [1.54, 1.807) is 6.08 Å². The number of amides is 1. The number of allylic oxidation sites excluding steroid dienone is 2. The van der Waals surface area contributed by atoms with Crippen molar-refractivity contribution in [1.82, 2.24) is 10.9 Å². The fourth-order valence-corrected chi connectivity index (χ4v) is 2.78. The molecule has 0 aliphatic heterocycles. The molecule has 2 rings (SSSR count). The predicted octanol–water partition coefficient (Wildman–Crippen LogP) is 2.58. The Morgan fingerprint density at radius 3 is 2.43 bits per heavy atom. The van der Waals surface area contributed by atoms with Crippen molar-refractivity contribution in [3.05, 3.63) is 41.1 Å². The van der Waals surface area contributed by atoms with Gasteiger partial charge >= 0.3 is 0 Å². The summed E-state index contributed by atoms with van der Waals surface area (Å²) in [5.74, 6) is 0.455. The number of benzene rings is 1. The maximum Gasteiger partial charge on any atom is 0.276 e. The Hall–Kier alpha value is -2.30. The van der Waals surface area contributed by atoms with Crippen LogP contribution in [0.4, 0.5) is 0 Å². The lowest BCUT2D eigenvalue weighted by Crippen LogP contribution is -2.42. The van der Waals surface area contributed by atoms with Crippen molar-refractivity contribution in [1.29, 1.82) is 0 Å². The van der Waals surface area contributed by atoms with Gasteiger partial charge in [-0.25, -0.2) is 0 Å². The summed E-state index contributed by atoms with van der Waals surface area (Å²) < 4.78 is 5.49. The van der Waals surface area contributed by atoms with Gasteiger partial charge in [0, 0.05) is 18.2 Å². The lowest BCUT2D eigenvalue weighted by atomic mass is 9.79. The minimum Gasteiger partial charge on any atom is -0.484 e. The van der Waals surface area contributed by atoms with Crippen LogP contribution in [0.5, 0.6) is 5.75 Å². The number of hydrogen-bond donors (Lipinski definition) is 2. The van der Waals surface area contributed by atoms with Crippen molar-refractivity contribution in [2.75, 3.05) is 6.61 Å². The number of hydrogen-bond acceptors (Lipinski definition) is 4. The fourth-order valence-electron chi connectivity index (χ4n) is 2.78. The maximum atomic E-state index is 11.9. The van der Waals surface area contributed by atoms with E-state index < -0.39 is 0 Å². The second kappa shape index (κ2) is 6.86. The van der Waals surface area contributed by atoms with E-state index in [0.29, 0.717) is 12.2 Å². The zero-order valence-corrected chi connectivity index (χ0v) is 14.2. The van der Waals surface area contributed by atoms with Crippen LogP contribution in [-0.2, 0) is 9.59 Å². The number of nitrogens with one attached hydrogen (secondary N) is 2. The van der Waals surface area contributed by atoms with Crippen molar-refractivity contribution in [2.24, 2.45) is 5.41 Å². The van der Waals surface area contributed by atoms with Gasteiger partial charge in [0.15, 0.2) is 12.4 Å². The molecule has 0 bridgehead atoms. The minimum absolute atomic E-state index is 0.0736. The summed E-state index contributed by atoms with van der Waals surface area (Å²) >= 11 is 0. The number of ether oxygens (including phenoxy) is 1. The van der Waals surface area contributed by atoms with Gasteiger partial charge in [-0.05, 0) is 48.9 Å². The molecule has 0 aromatic heterocycles. The van der Waals surface area contributed by atoms with E-state index in [0.717, 1.165) is 23.2 Å². The van der Waals surface area contributed by atoms with Crippen LogP contribution in [0.2, 0.25) is 0 Å². The Morgan fingerprint density at radius 2 is 1.83 bits per heavy atom. The summed E-state index contributed by atoms with van der Waals surface area (Å²) in [6.07, 6.45) is 2.80. The fraction of sp³-hybridized carbons (Fsp3) is 0.444. The second-order valence-electron chi connectivity index (χ2n) is 6.94. The first-order chi connectivity index (χ1) is 10.7. The van der Waals surface area contributed by atoms with Gasteiger partial charge in [-0.3, -0.25) is 15.0 Å². The molecule has 0 spiro atoms. The van der Waals surface area contributed by atoms with Crippen LogP contribution < -0.4 is 15.6 Å². The van der Waals surface area contributed by atoms with Crippen LogP contribution in [-0.4, -0.2) is 18.3 Å². The molecule has 1 aliphatic carbocycles. The van der Waals surface area contributed by atoms with Crippen molar-refractivity contribution >= 4 is 11.7 Å². The number of carbonyl (C=O) groups excluding carboxylic acids is 2. The summed E-state index contributed by atoms with van der Waals surface area (Å²) in [5.41, 5.74) is 8.22. The molecule has 1 amide bonds. The molecule has 23 heavy (non-hydrogen) atoms. The third-order valence-corrected chi connectivity index (χ3v) is 3.58. The molecule has 1 aromatic rings. The van der Waals surface area contributed by atoms with Gasteiger partial charge in [-0.1, -0.05) is 19.9 Å². The summed E-state index contributed by atoms with van der Waals surface area (Å²) in [6, 6.07) is 5.82. The minimum atomic E-state index is -0.291. The molecule has 0 radical (unpaired) electrons. The lowest BCUT2D eigenvalue weighted by Gasteiger charge is -2.29. The molecule has 0 saturated carbocycles. The molecule has 0 saturated heterocycles. The zero-order chi connectivity index (χ0) is 17.0. The lowest BCUT2D eigenvalue weighted by molar-refractivity contribution is -0.124. The normalized spacial score (nSPS) is 16.5. The van der Waals surface area contributed by atoms with Gasteiger partial charge in [0.2, 0.25) is 0 Å². The van der Waals surface area contributed by atoms with Gasteiger partial charge in [0.25, 0.3) is 5.91 Å². The van der Waals surface area contributed by atoms with Gasteiger partial charge < -0.3 is 10.2 Å². The van der Waals surface area contributed by atoms with E-state index in [-0.39, 0.29) is 23.7 Å². The molecule has 2 N–H and O–H groups in total. The van der Waals surface area contributed by atoms with E-state index in [1.165, 1.54) is 0 Å². The molecule has 124 valence electrons. The van der Waals surface area contributed by atoms with Crippen molar-refractivity contribution < 1.29 is 14.3 Å². The van der Waals surface area contributed by atoms with Crippen LogP contribution >= 0.6 is 0 Å². The highest BCUT2D eigenvalue weighted by Crippen LogP contribution is 2.32. The molecule has 1 aromatic carbocycles. The summed E-state index contributed by atoms with van der Waals surface area (Å²) in [5, 5.41) is 0. The molecular formula is C18H24N2O3. The molecule has 5 heteroatoms. The van der Waals surface area contributed by atoms with Crippen LogP contribution in [0.1, 0.15) is 37.8 Å². The number of rotatable bonds is 5. The Labute approximate surface area is 137 Å². The molecule has 0 unspecified atom stereocenters. The molecule has 0 heterocycles. The SMILES string of the molecule is Cc1cc(C)cc(OCC(=O)NNC2=CC(=O)CC(C)(C)C2)c1. The second-order valence-corrected chi connectivity index (χ2v) is 6.94. The Bertz CT molecular complexity index is 627. The summed E-state index contributed by atoms with van der Waals surface area (Å²) in [6.45, 7) is 7.95. The Kier molecular flexibility index (Phi) is 5.08. The van der Waals surface area contributed by atoms with E-state index in [2.05, 4.69) is 10.9 Å². The average Bonchev–Trinajstić information content (AvgIpc) is 2.39. The van der Waals surface area contributed by atoms with E-state index in [1.807, 2.05) is 45.9 Å². The van der Waals surface area contributed by atoms with Crippen LogP contribution in [0.25, 0.3) is 0 Å². The maximum absolute atomic E-state index is 11.9. The van der Waals surface area contributed by atoms with Crippen LogP contribution in [0.15, 0.2) is 30.0 Å². The highest BCUT2D eigenvalue weighted by Gasteiger charge is 2.27. The molecular weight excluding hydrogens is 292 g/mol. The van der Waals surface area contributed by atoms with Gasteiger partial charge in [-0.15, -0.1) is 0 Å². The smallest absolute Gasteiger partial charge is 0.276 e. The van der Waals surface area contributed by atoms with Crippen LogP contribution in [0, 0.1) is 19.3 Å². The zero-order valence-electron chi connectivity index (χ0n) is 14.2. The monoisotopic (exact) mass is 316 g/mol. The average molecular weight is 316 g/mol. The molecule has 0 atom stereocenters. The number of carbonyl (C=O) groups is 2. The van der Waals surface area contributed by atoms with Crippen molar-refractivity contribution in [3.8, 4) is 5.75 Å².